The van der Waals surface area contributed by atoms with Crippen molar-refractivity contribution in [2.75, 3.05) is 19.1 Å². The molecule has 3 fully saturated rings. The molecule has 0 radical (unpaired) electrons. The van der Waals surface area contributed by atoms with Gasteiger partial charge < -0.3 is 14.3 Å². The quantitative estimate of drug-likeness (QED) is 0.503. The molecular weight excluding hydrogens is 436 g/mol. The van der Waals surface area contributed by atoms with Crippen molar-refractivity contribution in [2.45, 2.75) is 19.4 Å². The highest BCUT2D eigenvalue weighted by atomic mass is 16.6. The van der Waals surface area contributed by atoms with Gasteiger partial charge in [-0.05, 0) is 55.7 Å². The second-order valence-electron chi connectivity index (χ2n) is 9.37. The molecule has 1 saturated heterocycles. The van der Waals surface area contributed by atoms with Crippen molar-refractivity contribution < 1.29 is 28.7 Å². The summed E-state index contributed by atoms with van der Waals surface area (Å²) >= 11 is 0. The van der Waals surface area contributed by atoms with Gasteiger partial charge in [0.2, 0.25) is 11.8 Å². The Hall–Kier alpha value is -3.68. The fourth-order valence-electron chi connectivity index (χ4n) is 6.46. The number of benzene rings is 2. The molecule has 174 valence electrons. The third kappa shape index (κ3) is 2.71. The van der Waals surface area contributed by atoms with Crippen LogP contribution in [0.5, 0.6) is 11.5 Å². The Morgan fingerprint density at radius 3 is 2.32 bits per heavy atom. The van der Waals surface area contributed by atoms with E-state index in [0.717, 1.165) is 17.7 Å². The summed E-state index contributed by atoms with van der Waals surface area (Å²) in [7, 11) is 3.19. The van der Waals surface area contributed by atoms with Crippen LogP contribution in [0.2, 0.25) is 0 Å². The maximum atomic E-state index is 13.6. The summed E-state index contributed by atoms with van der Waals surface area (Å²) in [5.74, 6) is -0.109. The summed E-state index contributed by atoms with van der Waals surface area (Å²) in [4.78, 5) is 45.8. The van der Waals surface area contributed by atoms with Gasteiger partial charge in [0.25, 0.3) is 0 Å². The Kier molecular flexibility index (Phi) is 4.56. The largest absolute Gasteiger partial charge is 0.497 e. The van der Waals surface area contributed by atoms with Crippen LogP contribution in [-0.4, -0.2) is 43.6 Å². The van der Waals surface area contributed by atoms with E-state index in [2.05, 4.69) is 5.16 Å². The molecule has 0 spiro atoms. The summed E-state index contributed by atoms with van der Waals surface area (Å²) in [6, 6.07) is 12.2. The van der Waals surface area contributed by atoms with E-state index in [0.29, 0.717) is 22.7 Å². The number of methoxy groups -OCH3 is 2. The lowest BCUT2D eigenvalue weighted by Gasteiger charge is -2.30. The van der Waals surface area contributed by atoms with Crippen LogP contribution in [-0.2, 0) is 14.4 Å². The molecule has 2 aliphatic heterocycles. The number of carbonyl (C=O) groups excluding carboxylic acids is 3. The normalized spacial score (nSPS) is 30.7. The monoisotopic (exact) mass is 460 g/mol. The third-order valence-corrected chi connectivity index (χ3v) is 7.91. The van der Waals surface area contributed by atoms with Crippen LogP contribution in [0.4, 0.5) is 5.69 Å². The van der Waals surface area contributed by atoms with E-state index in [-0.39, 0.29) is 41.5 Å². The van der Waals surface area contributed by atoms with Gasteiger partial charge in [-0.3, -0.25) is 19.3 Å². The summed E-state index contributed by atoms with van der Waals surface area (Å²) in [5.41, 5.74) is 2.62. The molecular formula is C26H24N2O6. The van der Waals surface area contributed by atoms with Gasteiger partial charge in [-0.1, -0.05) is 5.16 Å². The maximum absolute atomic E-state index is 13.6. The molecule has 8 heteroatoms. The highest BCUT2D eigenvalue weighted by Crippen LogP contribution is 2.62. The van der Waals surface area contributed by atoms with E-state index >= 15 is 0 Å². The van der Waals surface area contributed by atoms with Crippen molar-refractivity contribution in [1.29, 1.82) is 0 Å². The van der Waals surface area contributed by atoms with Crippen LogP contribution in [0.1, 0.15) is 29.3 Å². The van der Waals surface area contributed by atoms with E-state index in [9.17, 15) is 14.4 Å². The summed E-state index contributed by atoms with van der Waals surface area (Å²) < 4.78 is 10.9. The van der Waals surface area contributed by atoms with Crippen molar-refractivity contribution in [3.8, 4) is 11.5 Å². The SMILES string of the molecule is COc1ccc(C2=NO[C@@H]3[C@H]4C[C@H]([C@@H]23)[C@@H]2C(=O)N(c3ccc(C(C)=O)cc3)C(=O)[C@@H]42)c(OC)c1. The molecule has 4 aliphatic rings. The Balaban J connectivity index is 1.32. The van der Waals surface area contributed by atoms with Gasteiger partial charge >= 0.3 is 0 Å². The number of hydrogen-bond acceptors (Lipinski definition) is 7. The molecule has 2 bridgehead atoms. The van der Waals surface area contributed by atoms with Crippen LogP contribution in [0.25, 0.3) is 0 Å². The van der Waals surface area contributed by atoms with E-state index in [4.69, 9.17) is 14.3 Å². The highest BCUT2D eigenvalue weighted by Gasteiger charge is 2.70. The highest BCUT2D eigenvalue weighted by molar-refractivity contribution is 6.23. The molecule has 8 nitrogen and oxygen atoms in total. The number of rotatable bonds is 5. The summed E-state index contributed by atoms with van der Waals surface area (Å²) in [6.07, 6.45) is 0.529. The minimum absolute atomic E-state index is 0.0361. The van der Waals surface area contributed by atoms with Crippen molar-refractivity contribution in [1.82, 2.24) is 0 Å². The molecule has 2 saturated carbocycles. The van der Waals surface area contributed by atoms with Crippen LogP contribution in [0, 0.1) is 29.6 Å². The number of ketones is 1. The molecule has 2 amide bonds. The zero-order chi connectivity index (χ0) is 23.7. The Morgan fingerprint density at radius 1 is 0.971 bits per heavy atom. The number of imide groups is 1. The molecule has 0 N–H and O–H groups in total. The number of carbonyl (C=O) groups is 3. The molecule has 2 aromatic rings. The molecule has 2 heterocycles. The third-order valence-electron chi connectivity index (χ3n) is 7.91. The van der Waals surface area contributed by atoms with Gasteiger partial charge in [-0.15, -0.1) is 0 Å². The van der Waals surface area contributed by atoms with Crippen LogP contribution >= 0.6 is 0 Å². The second-order valence-corrected chi connectivity index (χ2v) is 9.37. The number of ether oxygens (including phenoxy) is 2. The zero-order valence-electron chi connectivity index (χ0n) is 19.1. The summed E-state index contributed by atoms with van der Waals surface area (Å²) in [6.45, 7) is 1.49. The van der Waals surface area contributed by atoms with Gasteiger partial charge in [0.1, 0.15) is 17.6 Å². The average molecular weight is 460 g/mol. The zero-order valence-corrected chi connectivity index (χ0v) is 19.1. The Morgan fingerprint density at radius 2 is 1.68 bits per heavy atom. The average Bonchev–Trinajstić information content (AvgIpc) is 3.59. The van der Waals surface area contributed by atoms with Crippen molar-refractivity contribution in [3.05, 3.63) is 53.6 Å². The number of hydrogen-bond donors (Lipinski definition) is 0. The molecule has 2 aliphatic carbocycles. The molecule has 34 heavy (non-hydrogen) atoms. The fourth-order valence-corrected chi connectivity index (χ4v) is 6.46. The lowest BCUT2D eigenvalue weighted by atomic mass is 9.71. The molecule has 6 rings (SSSR count). The Bertz CT molecular complexity index is 1250. The van der Waals surface area contributed by atoms with Gasteiger partial charge in [0.05, 0.1) is 37.5 Å². The predicted molar refractivity (Wildman–Crippen MR) is 122 cm³/mol. The summed E-state index contributed by atoms with van der Waals surface area (Å²) in [5, 5.41) is 4.40. The van der Waals surface area contributed by atoms with Crippen LogP contribution < -0.4 is 14.4 Å². The second kappa shape index (κ2) is 7.41. The minimum atomic E-state index is -0.404. The van der Waals surface area contributed by atoms with Crippen LogP contribution in [0.3, 0.4) is 0 Å². The Labute approximate surface area is 196 Å². The molecule has 0 unspecified atom stereocenters. The van der Waals surface area contributed by atoms with E-state index < -0.39 is 11.8 Å². The van der Waals surface area contributed by atoms with Crippen molar-refractivity contribution in [2.24, 2.45) is 34.7 Å². The van der Waals surface area contributed by atoms with E-state index in [1.54, 1.807) is 44.6 Å². The first kappa shape index (κ1) is 20.9. The number of anilines is 1. The van der Waals surface area contributed by atoms with Gasteiger partial charge in [0, 0.05) is 29.0 Å². The first-order valence-corrected chi connectivity index (χ1v) is 11.4. The maximum Gasteiger partial charge on any atom is 0.238 e. The molecule has 0 aromatic heterocycles. The molecule has 2 aromatic carbocycles. The lowest BCUT2D eigenvalue weighted by Crippen LogP contribution is -2.41. The fraction of sp³-hybridized carbons (Fsp3) is 0.385. The number of nitrogens with zero attached hydrogens (tertiary/aromatic N) is 2. The first-order chi connectivity index (χ1) is 16.4. The smallest absolute Gasteiger partial charge is 0.238 e. The minimum Gasteiger partial charge on any atom is -0.497 e. The number of fused-ring (bicyclic) bond motifs is 8. The van der Waals surface area contributed by atoms with Gasteiger partial charge in [0.15, 0.2) is 5.78 Å². The van der Waals surface area contributed by atoms with E-state index in [1.807, 2.05) is 12.1 Å². The van der Waals surface area contributed by atoms with Gasteiger partial charge in [-0.25, -0.2) is 0 Å². The molecule has 6 atom stereocenters. The number of Topliss-reactive ketones (excluding diaryl/α,β-unsaturated/α-hetero) is 1. The van der Waals surface area contributed by atoms with Crippen molar-refractivity contribution in [3.63, 3.8) is 0 Å². The van der Waals surface area contributed by atoms with Crippen LogP contribution in [0.15, 0.2) is 47.6 Å². The number of amides is 2. The lowest BCUT2D eigenvalue weighted by molar-refractivity contribution is -0.125. The predicted octanol–water partition coefficient (Wildman–Crippen LogP) is 3.08. The standard InChI is InChI=1S/C26H24N2O6/c1-12(29)13-4-6-14(7-5-13)28-25(30)20-17-11-18(21(20)26(28)31)24-22(17)23(27-34-24)16-9-8-15(32-2)10-19(16)33-3/h4-10,17-18,20-22,24H,11H2,1-3H3/t17-,18-,20-,21-,22-,24+/m0/s1. The topological polar surface area (TPSA) is 94.5 Å². The van der Waals surface area contributed by atoms with Gasteiger partial charge in [-0.2, -0.15) is 0 Å². The van der Waals surface area contributed by atoms with Crippen molar-refractivity contribution >= 4 is 29.0 Å². The number of oxime groups is 1. The first-order valence-electron chi connectivity index (χ1n) is 11.4. The van der Waals surface area contributed by atoms with E-state index in [1.165, 1.54) is 11.8 Å².